The van der Waals surface area contributed by atoms with Crippen LogP contribution in [0.2, 0.25) is 5.02 Å². The van der Waals surface area contributed by atoms with Crippen molar-refractivity contribution in [1.29, 1.82) is 0 Å². The number of aliphatic hydroxyl groups excluding tert-OH is 1. The lowest BCUT2D eigenvalue weighted by Gasteiger charge is -2.40. The molecule has 2 aromatic rings. The number of aliphatic hydroxyl groups is 1. The van der Waals surface area contributed by atoms with Crippen LogP contribution >= 0.6 is 22.9 Å². The number of likely N-dealkylation sites (tertiary alicyclic amines) is 1. The number of carbonyl (C=O) groups is 3. The molecule has 36 heavy (non-hydrogen) atoms. The number of benzene rings is 1. The minimum absolute atomic E-state index is 0.0749. The van der Waals surface area contributed by atoms with Crippen molar-refractivity contribution < 1.29 is 28.6 Å². The van der Waals surface area contributed by atoms with E-state index in [4.69, 9.17) is 16.3 Å². The third-order valence-electron chi connectivity index (χ3n) is 5.77. The number of nitrogens with zero attached hydrogens (tertiary/aromatic N) is 2. The molecule has 2 amide bonds. The van der Waals surface area contributed by atoms with E-state index in [1.165, 1.54) is 23.5 Å². The van der Waals surface area contributed by atoms with Crippen LogP contribution < -0.4 is 5.32 Å². The number of amides is 2. The summed E-state index contributed by atoms with van der Waals surface area (Å²) < 4.78 is 19.4. The van der Waals surface area contributed by atoms with Crippen LogP contribution in [-0.2, 0) is 27.4 Å². The number of nitrogens with one attached hydrogen (secondary N) is 1. The van der Waals surface area contributed by atoms with Gasteiger partial charge in [0.15, 0.2) is 0 Å². The maximum absolute atomic E-state index is 13.8. The number of ether oxygens (including phenoxy) is 1. The molecule has 11 heteroatoms. The van der Waals surface area contributed by atoms with E-state index in [1.807, 2.05) is 0 Å². The lowest BCUT2D eigenvalue weighted by atomic mass is 9.95. The standard InChI is InChI=1S/C25H31ClFN3O5S/c1-14-20(13-31)36-23(28-14)21(18-7-5-6-10-30(18)24(34)35-25(2,3)4)29-22(33)19(32)12-15-8-9-16(26)17(27)11-15/h8-9,11,18,21,31H,5-7,10,12-13H2,1-4H3,(H,29,33). The fourth-order valence-corrected chi connectivity index (χ4v) is 5.19. The van der Waals surface area contributed by atoms with Crippen molar-refractivity contribution in [2.45, 2.75) is 77.7 Å². The molecular weight excluding hydrogens is 509 g/mol. The van der Waals surface area contributed by atoms with Crippen molar-refractivity contribution in [3.05, 3.63) is 50.2 Å². The Balaban J connectivity index is 1.88. The minimum Gasteiger partial charge on any atom is -0.444 e. The number of halogens is 2. The Bertz CT molecular complexity index is 1130. The quantitative estimate of drug-likeness (QED) is 0.502. The van der Waals surface area contributed by atoms with Gasteiger partial charge in [-0.15, -0.1) is 11.3 Å². The first-order valence-corrected chi connectivity index (χ1v) is 12.9. The number of piperidine rings is 1. The number of Topliss-reactive ketones (excluding diaryl/α,β-unsaturated/α-hetero) is 1. The van der Waals surface area contributed by atoms with Crippen LogP contribution in [0.1, 0.15) is 67.2 Å². The summed E-state index contributed by atoms with van der Waals surface area (Å²) in [4.78, 5) is 45.5. The first kappa shape index (κ1) is 28.0. The van der Waals surface area contributed by atoms with Crippen LogP contribution in [0.5, 0.6) is 0 Å². The highest BCUT2D eigenvalue weighted by molar-refractivity contribution is 7.11. The van der Waals surface area contributed by atoms with Gasteiger partial charge in [-0.1, -0.05) is 17.7 Å². The molecule has 2 unspecified atom stereocenters. The van der Waals surface area contributed by atoms with Gasteiger partial charge in [-0.25, -0.2) is 14.2 Å². The molecule has 3 rings (SSSR count). The SMILES string of the molecule is Cc1nc(C(NC(=O)C(=O)Cc2ccc(Cl)c(F)c2)C2CCCCN2C(=O)OC(C)(C)C)sc1CO. The van der Waals surface area contributed by atoms with Gasteiger partial charge in [0.05, 0.1) is 28.2 Å². The van der Waals surface area contributed by atoms with E-state index in [0.717, 1.165) is 18.9 Å². The summed E-state index contributed by atoms with van der Waals surface area (Å²) in [6, 6.07) is 2.64. The van der Waals surface area contributed by atoms with Crippen LogP contribution in [0.3, 0.4) is 0 Å². The van der Waals surface area contributed by atoms with E-state index >= 15 is 0 Å². The number of ketones is 1. The molecule has 8 nitrogen and oxygen atoms in total. The van der Waals surface area contributed by atoms with E-state index in [2.05, 4.69) is 10.3 Å². The summed E-state index contributed by atoms with van der Waals surface area (Å²) >= 11 is 6.92. The molecule has 0 bridgehead atoms. The van der Waals surface area contributed by atoms with Gasteiger partial charge in [0.2, 0.25) is 5.78 Å². The Morgan fingerprint density at radius 2 is 2.06 bits per heavy atom. The Hall–Kier alpha value is -2.56. The fourth-order valence-electron chi connectivity index (χ4n) is 4.04. The van der Waals surface area contributed by atoms with Crippen LogP contribution in [0.25, 0.3) is 0 Å². The second-order valence-corrected chi connectivity index (χ2v) is 11.3. The average Bonchev–Trinajstić information content (AvgIpc) is 3.18. The molecule has 1 aliphatic heterocycles. The fraction of sp³-hybridized carbons (Fsp3) is 0.520. The molecule has 1 aromatic heterocycles. The maximum atomic E-state index is 13.8. The zero-order chi connectivity index (χ0) is 26.6. The maximum Gasteiger partial charge on any atom is 0.410 e. The Morgan fingerprint density at radius 1 is 1.33 bits per heavy atom. The van der Waals surface area contributed by atoms with Gasteiger partial charge in [-0.05, 0) is 64.7 Å². The zero-order valence-corrected chi connectivity index (χ0v) is 22.3. The molecule has 0 saturated carbocycles. The van der Waals surface area contributed by atoms with E-state index < -0.39 is 41.3 Å². The van der Waals surface area contributed by atoms with Gasteiger partial charge in [0.1, 0.15) is 22.5 Å². The molecule has 2 heterocycles. The molecule has 1 saturated heterocycles. The molecule has 1 fully saturated rings. The molecule has 196 valence electrons. The van der Waals surface area contributed by atoms with Gasteiger partial charge in [0.25, 0.3) is 5.91 Å². The predicted molar refractivity (Wildman–Crippen MR) is 134 cm³/mol. The van der Waals surface area contributed by atoms with Gasteiger partial charge >= 0.3 is 6.09 Å². The lowest BCUT2D eigenvalue weighted by molar-refractivity contribution is -0.138. The topological polar surface area (TPSA) is 109 Å². The lowest BCUT2D eigenvalue weighted by Crippen LogP contribution is -2.53. The van der Waals surface area contributed by atoms with Crippen molar-refractivity contribution in [1.82, 2.24) is 15.2 Å². The van der Waals surface area contributed by atoms with Crippen molar-refractivity contribution >= 4 is 40.7 Å². The van der Waals surface area contributed by atoms with Gasteiger partial charge in [-0.3, -0.25) is 9.59 Å². The average molecular weight is 540 g/mol. The van der Waals surface area contributed by atoms with Crippen molar-refractivity contribution in [2.75, 3.05) is 6.54 Å². The molecule has 2 atom stereocenters. The molecule has 0 aliphatic carbocycles. The van der Waals surface area contributed by atoms with E-state index in [1.54, 1.807) is 32.6 Å². The number of aryl methyl sites for hydroxylation is 1. The summed E-state index contributed by atoms with van der Waals surface area (Å²) in [6.07, 6.45) is 1.33. The van der Waals surface area contributed by atoms with Crippen LogP contribution in [0, 0.1) is 12.7 Å². The zero-order valence-electron chi connectivity index (χ0n) is 20.8. The van der Waals surface area contributed by atoms with Crippen LogP contribution in [-0.4, -0.2) is 51.0 Å². The molecular formula is C25H31ClFN3O5S. The first-order chi connectivity index (χ1) is 16.9. The largest absolute Gasteiger partial charge is 0.444 e. The number of hydrogen-bond donors (Lipinski definition) is 2. The highest BCUT2D eigenvalue weighted by Gasteiger charge is 2.39. The molecule has 1 aromatic carbocycles. The summed E-state index contributed by atoms with van der Waals surface area (Å²) in [5, 5.41) is 12.8. The Morgan fingerprint density at radius 3 is 2.67 bits per heavy atom. The van der Waals surface area contributed by atoms with Crippen LogP contribution in [0.4, 0.5) is 9.18 Å². The van der Waals surface area contributed by atoms with Crippen LogP contribution in [0.15, 0.2) is 18.2 Å². The minimum atomic E-state index is -0.872. The van der Waals surface area contributed by atoms with E-state index in [9.17, 15) is 23.9 Å². The highest BCUT2D eigenvalue weighted by Crippen LogP contribution is 2.33. The number of hydrogen-bond acceptors (Lipinski definition) is 7. The summed E-state index contributed by atoms with van der Waals surface area (Å²) in [6.45, 7) is 7.29. The number of thiazole rings is 1. The van der Waals surface area contributed by atoms with Crippen molar-refractivity contribution in [3.8, 4) is 0 Å². The Labute approximate surface area is 218 Å². The van der Waals surface area contributed by atoms with E-state index in [0.29, 0.717) is 34.1 Å². The second-order valence-electron chi connectivity index (χ2n) is 9.76. The normalized spacial score (nSPS) is 17.0. The predicted octanol–water partition coefficient (Wildman–Crippen LogP) is 4.50. The summed E-state index contributed by atoms with van der Waals surface area (Å²) in [7, 11) is 0. The van der Waals surface area contributed by atoms with E-state index in [-0.39, 0.29) is 18.1 Å². The molecule has 2 N–H and O–H groups in total. The highest BCUT2D eigenvalue weighted by atomic mass is 35.5. The number of aromatic nitrogens is 1. The third-order valence-corrected chi connectivity index (χ3v) is 7.30. The van der Waals surface area contributed by atoms with Gasteiger partial charge in [0, 0.05) is 13.0 Å². The molecule has 1 aliphatic rings. The summed E-state index contributed by atoms with van der Waals surface area (Å²) in [5.41, 5.74) is 0.220. The number of rotatable bonds is 7. The van der Waals surface area contributed by atoms with Crippen molar-refractivity contribution in [3.63, 3.8) is 0 Å². The Kier molecular flexibility index (Phi) is 9.08. The second kappa shape index (κ2) is 11.7. The van der Waals surface area contributed by atoms with Gasteiger partial charge < -0.3 is 20.1 Å². The first-order valence-electron chi connectivity index (χ1n) is 11.7. The monoisotopic (exact) mass is 539 g/mol. The smallest absolute Gasteiger partial charge is 0.410 e. The van der Waals surface area contributed by atoms with Gasteiger partial charge in [-0.2, -0.15) is 0 Å². The molecule has 0 spiro atoms. The third kappa shape index (κ3) is 7.02. The summed E-state index contributed by atoms with van der Waals surface area (Å²) in [5.74, 6) is -2.31. The van der Waals surface area contributed by atoms with Crippen molar-refractivity contribution in [2.24, 2.45) is 0 Å². The number of carbonyl (C=O) groups excluding carboxylic acids is 3. The molecule has 0 radical (unpaired) electrons.